The second kappa shape index (κ2) is 5.20. The Morgan fingerprint density at radius 1 is 1.50 bits per heavy atom. The molecule has 1 amide bonds. The van der Waals surface area contributed by atoms with E-state index in [-0.39, 0.29) is 12.0 Å². The number of amides is 1. The summed E-state index contributed by atoms with van der Waals surface area (Å²) in [6.07, 6.45) is 2.08. The molecular weight excluding hydrogens is 204 g/mol. The topological polar surface area (TPSA) is 53.3 Å². The quantitative estimate of drug-likeness (QED) is 0.724. The van der Waals surface area contributed by atoms with Gasteiger partial charge in [0.2, 0.25) is 0 Å². The SMILES string of the molecule is CCC(C)(C)OC(=O)N1CCC(C#N)CC1. The van der Waals surface area contributed by atoms with Crippen molar-refractivity contribution in [3.05, 3.63) is 0 Å². The van der Waals surface area contributed by atoms with Gasteiger partial charge >= 0.3 is 6.09 Å². The van der Waals surface area contributed by atoms with Crippen LogP contribution in [0.4, 0.5) is 4.79 Å². The van der Waals surface area contributed by atoms with Crippen molar-refractivity contribution in [3.8, 4) is 6.07 Å². The molecule has 0 aromatic carbocycles. The van der Waals surface area contributed by atoms with Crippen molar-refractivity contribution in [1.29, 1.82) is 5.26 Å². The molecule has 1 aliphatic rings. The number of likely N-dealkylation sites (tertiary alicyclic amines) is 1. The highest BCUT2D eigenvalue weighted by molar-refractivity contribution is 5.68. The van der Waals surface area contributed by atoms with E-state index in [1.807, 2.05) is 20.8 Å². The van der Waals surface area contributed by atoms with E-state index in [4.69, 9.17) is 10.00 Å². The van der Waals surface area contributed by atoms with Crippen molar-refractivity contribution in [3.63, 3.8) is 0 Å². The summed E-state index contributed by atoms with van der Waals surface area (Å²) in [5.74, 6) is 0.100. The zero-order valence-electron chi connectivity index (χ0n) is 10.3. The minimum Gasteiger partial charge on any atom is -0.443 e. The Bertz CT molecular complexity index is 286. The minimum atomic E-state index is -0.400. The zero-order chi connectivity index (χ0) is 12.2. The maximum atomic E-state index is 11.8. The second-order valence-electron chi connectivity index (χ2n) is 4.87. The van der Waals surface area contributed by atoms with Gasteiger partial charge in [-0.3, -0.25) is 0 Å². The molecule has 0 N–H and O–H groups in total. The van der Waals surface area contributed by atoms with Crippen LogP contribution in [0.1, 0.15) is 40.0 Å². The van der Waals surface area contributed by atoms with E-state index < -0.39 is 5.60 Å². The number of rotatable bonds is 2. The monoisotopic (exact) mass is 224 g/mol. The molecular formula is C12H20N2O2. The third-order valence-electron chi connectivity index (χ3n) is 3.15. The zero-order valence-corrected chi connectivity index (χ0v) is 10.3. The second-order valence-corrected chi connectivity index (χ2v) is 4.87. The Morgan fingerprint density at radius 3 is 2.50 bits per heavy atom. The first-order valence-electron chi connectivity index (χ1n) is 5.86. The fourth-order valence-electron chi connectivity index (χ4n) is 1.56. The molecule has 1 rings (SSSR count). The van der Waals surface area contributed by atoms with Crippen molar-refractivity contribution in [2.45, 2.75) is 45.6 Å². The van der Waals surface area contributed by atoms with Gasteiger partial charge < -0.3 is 9.64 Å². The lowest BCUT2D eigenvalue weighted by atomic mass is 9.99. The summed E-state index contributed by atoms with van der Waals surface area (Å²) in [5, 5.41) is 8.76. The number of hydrogen-bond acceptors (Lipinski definition) is 3. The number of hydrogen-bond donors (Lipinski definition) is 0. The first kappa shape index (κ1) is 12.8. The van der Waals surface area contributed by atoms with Gasteiger partial charge in [0, 0.05) is 19.0 Å². The van der Waals surface area contributed by atoms with Gasteiger partial charge in [0.05, 0.1) is 6.07 Å². The molecule has 0 aliphatic carbocycles. The summed E-state index contributed by atoms with van der Waals surface area (Å²) in [7, 11) is 0. The van der Waals surface area contributed by atoms with Crippen LogP contribution in [0.3, 0.4) is 0 Å². The number of carbonyl (C=O) groups excluding carboxylic acids is 1. The van der Waals surface area contributed by atoms with Gasteiger partial charge in [-0.05, 0) is 33.1 Å². The summed E-state index contributed by atoms with van der Waals surface area (Å²) in [6, 6.07) is 2.24. The predicted molar refractivity (Wildman–Crippen MR) is 60.8 cm³/mol. The molecule has 4 heteroatoms. The Morgan fingerprint density at radius 2 is 2.06 bits per heavy atom. The highest BCUT2D eigenvalue weighted by Crippen LogP contribution is 2.20. The molecule has 0 spiro atoms. The van der Waals surface area contributed by atoms with Crippen molar-refractivity contribution in [1.82, 2.24) is 4.90 Å². The first-order valence-corrected chi connectivity index (χ1v) is 5.86. The van der Waals surface area contributed by atoms with E-state index in [1.54, 1.807) is 4.90 Å². The standard InChI is InChI=1S/C12H20N2O2/c1-4-12(2,3)16-11(15)14-7-5-10(9-13)6-8-14/h10H,4-8H2,1-3H3. The molecule has 0 atom stereocenters. The number of nitrogens with zero attached hydrogens (tertiary/aromatic N) is 2. The van der Waals surface area contributed by atoms with Crippen LogP contribution >= 0.6 is 0 Å². The summed E-state index contributed by atoms with van der Waals surface area (Å²) in [5.41, 5.74) is -0.400. The van der Waals surface area contributed by atoms with Crippen LogP contribution in [0.2, 0.25) is 0 Å². The number of ether oxygens (including phenoxy) is 1. The van der Waals surface area contributed by atoms with E-state index in [1.165, 1.54) is 0 Å². The predicted octanol–water partition coefficient (Wildman–Crippen LogP) is 2.55. The lowest BCUT2D eigenvalue weighted by molar-refractivity contribution is 0.00702. The Kier molecular flexibility index (Phi) is 4.17. The lowest BCUT2D eigenvalue weighted by Gasteiger charge is -2.32. The largest absolute Gasteiger partial charge is 0.443 e. The highest BCUT2D eigenvalue weighted by atomic mass is 16.6. The molecule has 0 radical (unpaired) electrons. The highest BCUT2D eigenvalue weighted by Gasteiger charge is 2.27. The number of carbonyl (C=O) groups is 1. The van der Waals surface area contributed by atoms with Crippen molar-refractivity contribution >= 4 is 6.09 Å². The molecule has 0 unspecified atom stereocenters. The van der Waals surface area contributed by atoms with Crippen LogP contribution in [0.15, 0.2) is 0 Å². The average Bonchev–Trinajstić information content (AvgIpc) is 2.28. The summed E-state index contributed by atoms with van der Waals surface area (Å²) in [4.78, 5) is 13.5. The molecule has 0 bridgehead atoms. The van der Waals surface area contributed by atoms with E-state index >= 15 is 0 Å². The molecule has 1 heterocycles. The molecule has 1 fully saturated rings. The van der Waals surface area contributed by atoms with Crippen LogP contribution in [-0.2, 0) is 4.74 Å². The van der Waals surface area contributed by atoms with Gasteiger partial charge in [-0.1, -0.05) is 6.92 Å². The van der Waals surface area contributed by atoms with Crippen molar-refractivity contribution in [2.24, 2.45) is 5.92 Å². The van der Waals surface area contributed by atoms with Gasteiger partial charge in [-0.25, -0.2) is 4.79 Å². The van der Waals surface area contributed by atoms with E-state index in [0.29, 0.717) is 13.1 Å². The number of nitriles is 1. The van der Waals surface area contributed by atoms with E-state index in [9.17, 15) is 4.79 Å². The van der Waals surface area contributed by atoms with Gasteiger partial charge in [0.1, 0.15) is 5.60 Å². The summed E-state index contributed by atoms with van der Waals surface area (Å²) < 4.78 is 5.40. The maximum Gasteiger partial charge on any atom is 0.410 e. The minimum absolute atomic E-state index is 0.100. The fraction of sp³-hybridized carbons (Fsp3) is 0.833. The molecule has 0 aromatic heterocycles. The van der Waals surface area contributed by atoms with Crippen LogP contribution in [-0.4, -0.2) is 29.7 Å². The molecule has 0 aromatic rings. The van der Waals surface area contributed by atoms with E-state index in [2.05, 4.69) is 6.07 Å². The normalized spacial score (nSPS) is 18.0. The van der Waals surface area contributed by atoms with Crippen molar-refractivity contribution < 1.29 is 9.53 Å². The summed E-state index contributed by atoms with van der Waals surface area (Å²) >= 11 is 0. The van der Waals surface area contributed by atoms with E-state index in [0.717, 1.165) is 19.3 Å². The maximum absolute atomic E-state index is 11.8. The van der Waals surface area contributed by atoms with Gasteiger partial charge in [0.15, 0.2) is 0 Å². The van der Waals surface area contributed by atoms with Gasteiger partial charge in [-0.2, -0.15) is 5.26 Å². The lowest BCUT2D eigenvalue weighted by Crippen LogP contribution is -2.42. The number of piperidine rings is 1. The summed E-state index contributed by atoms with van der Waals surface area (Å²) in [6.45, 7) is 7.09. The third-order valence-corrected chi connectivity index (χ3v) is 3.15. The fourth-order valence-corrected chi connectivity index (χ4v) is 1.56. The Labute approximate surface area is 97.2 Å². The van der Waals surface area contributed by atoms with Crippen LogP contribution in [0.25, 0.3) is 0 Å². The van der Waals surface area contributed by atoms with Crippen LogP contribution in [0, 0.1) is 17.2 Å². The Hall–Kier alpha value is -1.24. The molecule has 90 valence electrons. The van der Waals surface area contributed by atoms with Crippen LogP contribution in [0.5, 0.6) is 0 Å². The van der Waals surface area contributed by atoms with Crippen LogP contribution < -0.4 is 0 Å². The molecule has 16 heavy (non-hydrogen) atoms. The molecule has 4 nitrogen and oxygen atoms in total. The molecule has 1 saturated heterocycles. The van der Waals surface area contributed by atoms with Gasteiger partial charge in [-0.15, -0.1) is 0 Å². The third kappa shape index (κ3) is 3.41. The average molecular weight is 224 g/mol. The van der Waals surface area contributed by atoms with Gasteiger partial charge in [0.25, 0.3) is 0 Å². The molecule has 1 aliphatic heterocycles. The molecule has 0 saturated carbocycles. The smallest absolute Gasteiger partial charge is 0.410 e. The Balaban J connectivity index is 2.43. The first-order chi connectivity index (χ1) is 7.48. The van der Waals surface area contributed by atoms with Crippen molar-refractivity contribution in [2.75, 3.05) is 13.1 Å².